The van der Waals surface area contributed by atoms with E-state index in [1.807, 2.05) is 0 Å². The molecule has 0 saturated carbocycles. The molecule has 0 aromatic rings. The first-order chi connectivity index (χ1) is 6.83. The number of hydrogen-bond acceptors (Lipinski definition) is 4. The maximum absolute atomic E-state index is 11.3. The van der Waals surface area contributed by atoms with E-state index in [0.717, 1.165) is 0 Å². The summed E-state index contributed by atoms with van der Waals surface area (Å²) in [7, 11) is 1.40. The second-order valence-electron chi connectivity index (χ2n) is 4.28. The average Bonchev–Trinajstić information content (AvgIpc) is 2.08. The number of carbonyl (C=O) groups excluding carboxylic acids is 2. The third kappa shape index (κ3) is 3.09. The number of β-lactam (4-membered cyclic amide) rings is 1. The van der Waals surface area contributed by atoms with Gasteiger partial charge in [-0.15, -0.1) is 0 Å². The van der Waals surface area contributed by atoms with Gasteiger partial charge in [-0.05, 0) is 20.8 Å². The van der Waals surface area contributed by atoms with Crippen LogP contribution in [0.25, 0.3) is 0 Å². The van der Waals surface area contributed by atoms with Crippen LogP contribution in [0.3, 0.4) is 0 Å². The number of carbonyl (C=O) groups is 2. The molecule has 0 aliphatic carbocycles. The Labute approximate surface area is 88.5 Å². The molecule has 2 amide bonds. The van der Waals surface area contributed by atoms with Crippen molar-refractivity contribution in [3.8, 4) is 0 Å². The zero-order valence-electron chi connectivity index (χ0n) is 9.36. The van der Waals surface area contributed by atoms with Gasteiger partial charge >= 0.3 is 6.09 Å². The Morgan fingerprint density at radius 1 is 1.53 bits per heavy atom. The topological polar surface area (TPSA) is 67.9 Å². The molecular weight excluding hydrogens is 200 g/mol. The van der Waals surface area contributed by atoms with E-state index in [0.29, 0.717) is 6.54 Å². The summed E-state index contributed by atoms with van der Waals surface area (Å²) in [5, 5.41) is 3.62. The summed E-state index contributed by atoms with van der Waals surface area (Å²) in [5.74, 6) is -0.261. The molecule has 0 aromatic carbocycles. The third-order valence-corrected chi connectivity index (χ3v) is 1.80. The van der Waals surface area contributed by atoms with E-state index in [-0.39, 0.29) is 5.91 Å². The normalized spacial score (nSPS) is 20.9. The van der Waals surface area contributed by atoms with Crippen molar-refractivity contribution in [3.05, 3.63) is 0 Å². The van der Waals surface area contributed by atoms with Crippen molar-refractivity contribution in [2.75, 3.05) is 13.7 Å². The second kappa shape index (κ2) is 4.06. The molecule has 0 aromatic heterocycles. The lowest BCUT2D eigenvalue weighted by molar-refractivity contribution is -0.202. The van der Waals surface area contributed by atoms with Crippen LogP contribution in [0.5, 0.6) is 0 Å². The minimum absolute atomic E-state index is 0.261. The number of alkyl carbamates (subject to hydrolysis) is 1. The smallest absolute Gasteiger partial charge is 0.408 e. The number of nitrogens with one attached hydrogen (secondary N) is 1. The number of ether oxygens (including phenoxy) is 1. The second-order valence-corrected chi connectivity index (χ2v) is 4.28. The van der Waals surface area contributed by atoms with E-state index >= 15 is 0 Å². The maximum Gasteiger partial charge on any atom is 0.408 e. The standard InChI is InChI=1S/C9H16N2O4/c1-9(2,3)15-8(13)10-6-5-11(14-4)7(6)12/h6H,5H2,1-4H3,(H,10,13)/t6-/m0/s1. The van der Waals surface area contributed by atoms with Gasteiger partial charge in [0, 0.05) is 0 Å². The van der Waals surface area contributed by atoms with Crippen molar-refractivity contribution in [2.24, 2.45) is 0 Å². The summed E-state index contributed by atoms with van der Waals surface area (Å²) in [4.78, 5) is 27.2. The SMILES string of the molecule is CON1C[C@H](NC(=O)OC(C)(C)C)C1=O. The summed E-state index contributed by atoms with van der Waals surface area (Å²) >= 11 is 0. The van der Waals surface area contributed by atoms with Crippen molar-refractivity contribution >= 4 is 12.0 Å². The Bertz CT molecular complexity index is 272. The zero-order valence-corrected chi connectivity index (χ0v) is 9.36. The van der Waals surface area contributed by atoms with Gasteiger partial charge in [-0.25, -0.2) is 9.86 Å². The number of rotatable bonds is 2. The summed E-state index contributed by atoms with van der Waals surface area (Å²) in [6, 6.07) is -0.528. The molecule has 1 aliphatic rings. The van der Waals surface area contributed by atoms with E-state index in [1.165, 1.54) is 12.2 Å². The van der Waals surface area contributed by atoms with Crippen molar-refractivity contribution in [1.82, 2.24) is 10.4 Å². The highest BCUT2D eigenvalue weighted by Gasteiger charge is 2.39. The fraction of sp³-hybridized carbons (Fsp3) is 0.778. The molecule has 0 unspecified atom stereocenters. The Morgan fingerprint density at radius 3 is 2.53 bits per heavy atom. The highest BCUT2D eigenvalue weighted by molar-refractivity contribution is 5.90. The Morgan fingerprint density at radius 2 is 2.13 bits per heavy atom. The fourth-order valence-corrected chi connectivity index (χ4v) is 1.12. The largest absolute Gasteiger partial charge is 0.444 e. The van der Waals surface area contributed by atoms with Crippen LogP contribution in [-0.2, 0) is 14.4 Å². The van der Waals surface area contributed by atoms with Crippen LogP contribution in [0.15, 0.2) is 0 Å². The monoisotopic (exact) mass is 216 g/mol. The van der Waals surface area contributed by atoms with Crippen LogP contribution in [0.1, 0.15) is 20.8 Å². The molecule has 1 fully saturated rings. The summed E-state index contributed by atoms with van der Waals surface area (Å²) in [6.45, 7) is 5.64. The van der Waals surface area contributed by atoms with Crippen LogP contribution < -0.4 is 5.32 Å². The molecule has 6 heteroatoms. The van der Waals surface area contributed by atoms with Crippen LogP contribution in [0.4, 0.5) is 4.79 Å². The van der Waals surface area contributed by atoms with E-state index in [2.05, 4.69) is 5.32 Å². The predicted octanol–water partition coefficient (Wildman–Crippen LogP) is 0.283. The van der Waals surface area contributed by atoms with Gasteiger partial charge in [0.15, 0.2) is 0 Å². The van der Waals surface area contributed by atoms with Gasteiger partial charge in [0.05, 0.1) is 13.7 Å². The van der Waals surface area contributed by atoms with E-state index in [1.54, 1.807) is 20.8 Å². The van der Waals surface area contributed by atoms with E-state index in [4.69, 9.17) is 9.57 Å². The number of hydrogen-bond donors (Lipinski definition) is 1. The third-order valence-electron chi connectivity index (χ3n) is 1.80. The van der Waals surface area contributed by atoms with Crippen LogP contribution in [0, 0.1) is 0 Å². The minimum atomic E-state index is -0.586. The minimum Gasteiger partial charge on any atom is -0.444 e. The molecule has 1 aliphatic heterocycles. The van der Waals surface area contributed by atoms with Gasteiger partial charge in [-0.1, -0.05) is 0 Å². The first-order valence-corrected chi connectivity index (χ1v) is 4.68. The number of nitrogens with zero attached hydrogens (tertiary/aromatic N) is 1. The molecule has 15 heavy (non-hydrogen) atoms. The Balaban J connectivity index is 2.32. The molecule has 6 nitrogen and oxygen atoms in total. The first-order valence-electron chi connectivity index (χ1n) is 4.68. The van der Waals surface area contributed by atoms with Gasteiger partial charge in [0.2, 0.25) is 0 Å². The molecule has 1 atom stereocenters. The lowest BCUT2D eigenvalue weighted by Crippen LogP contribution is -2.63. The highest BCUT2D eigenvalue weighted by atomic mass is 16.7. The van der Waals surface area contributed by atoms with E-state index < -0.39 is 17.7 Å². The predicted molar refractivity (Wildman–Crippen MR) is 51.9 cm³/mol. The summed E-state index contributed by atoms with van der Waals surface area (Å²) < 4.78 is 5.00. The Hall–Kier alpha value is -1.30. The van der Waals surface area contributed by atoms with Crippen LogP contribution >= 0.6 is 0 Å². The molecule has 1 rings (SSSR count). The van der Waals surface area contributed by atoms with Gasteiger partial charge in [-0.3, -0.25) is 9.63 Å². The molecular formula is C9H16N2O4. The molecule has 0 radical (unpaired) electrons. The number of amides is 2. The summed E-state index contributed by atoms with van der Waals surface area (Å²) in [5.41, 5.74) is -0.558. The average molecular weight is 216 g/mol. The van der Waals surface area contributed by atoms with Gasteiger partial charge in [0.1, 0.15) is 11.6 Å². The lowest BCUT2D eigenvalue weighted by atomic mass is 10.1. The summed E-state index contributed by atoms with van der Waals surface area (Å²) in [6.07, 6.45) is -0.586. The molecule has 0 spiro atoms. The van der Waals surface area contributed by atoms with Gasteiger partial charge < -0.3 is 10.1 Å². The molecule has 0 bridgehead atoms. The van der Waals surface area contributed by atoms with Crippen LogP contribution in [0.2, 0.25) is 0 Å². The van der Waals surface area contributed by atoms with Crippen LogP contribution in [-0.4, -0.2) is 42.4 Å². The maximum atomic E-state index is 11.3. The first kappa shape index (κ1) is 11.8. The van der Waals surface area contributed by atoms with Crippen molar-refractivity contribution in [3.63, 3.8) is 0 Å². The molecule has 86 valence electrons. The Kier molecular flexibility index (Phi) is 3.18. The highest BCUT2D eigenvalue weighted by Crippen LogP contribution is 2.11. The number of hydroxylamine groups is 2. The fourth-order valence-electron chi connectivity index (χ4n) is 1.12. The molecule has 1 heterocycles. The van der Waals surface area contributed by atoms with E-state index in [9.17, 15) is 9.59 Å². The van der Waals surface area contributed by atoms with Gasteiger partial charge in [0.25, 0.3) is 5.91 Å². The van der Waals surface area contributed by atoms with Crippen molar-refractivity contribution in [2.45, 2.75) is 32.4 Å². The molecule has 1 saturated heterocycles. The lowest BCUT2D eigenvalue weighted by Gasteiger charge is -2.36. The quantitative estimate of drug-likeness (QED) is 0.673. The molecule has 1 N–H and O–H groups in total. The van der Waals surface area contributed by atoms with Crippen molar-refractivity contribution in [1.29, 1.82) is 0 Å². The van der Waals surface area contributed by atoms with Gasteiger partial charge in [-0.2, -0.15) is 0 Å². The van der Waals surface area contributed by atoms with Crippen molar-refractivity contribution < 1.29 is 19.2 Å². The zero-order chi connectivity index (χ0) is 11.6.